The molecule has 2 heteroatoms. The summed E-state index contributed by atoms with van der Waals surface area (Å²) >= 11 is 4.43. The van der Waals surface area contributed by atoms with Gasteiger partial charge in [0.25, 0.3) is 0 Å². The van der Waals surface area contributed by atoms with Gasteiger partial charge in [0.2, 0.25) is 0 Å². The molecule has 3 aliphatic rings. The van der Waals surface area contributed by atoms with Crippen LogP contribution in [0.15, 0.2) is 0 Å². The Balaban J connectivity index is 1.89. The van der Waals surface area contributed by atoms with Crippen molar-refractivity contribution in [1.29, 1.82) is 0 Å². The molecule has 2 saturated carbocycles. The van der Waals surface area contributed by atoms with Crippen LogP contribution in [0, 0.1) is 17.8 Å². The Labute approximate surface area is 67.3 Å². The van der Waals surface area contributed by atoms with Crippen molar-refractivity contribution in [2.75, 3.05) is 6.54 Å². The fraction of sp³-hybridized carbons (Fsp3) is 1.00. The highest BCUT2D eigenvalue weighted by Gasteiger charge is 2.55. The first-order valence-electron chi connectivity index (χ1n) is 4.32. The number of thiol groups is 1. The number of hydrogen-bond donors (Lipinski definition) is 1. The van der Waals surface area contributed by atoms with Gasteiger partial charge in [-0.15, -0.1) is 0 Å². The van der Waals surface area contributed by atoms with E-state index in [9.17, 15) is 0 Å². The van der Waals surface area contributed by atoms with Gasteiger partial charge in [-0.05, 0) is 37.0 Å². The lowest BCUT2D eigenvalue weighted by molar-refractivity contribution is 0.0628. The Hall–Kier alpha value is 0.310. The highest BCUT2D eigenvalue weighted by molar-refractivity contribution is 7.77. The van der Waals surface area contributed by atoms with E-state index in [0.717, 1.165) is 23.8 Å². The molecule has 2 aliphatic carbocycles. The summed E-state index contributed by atoms with van der Waals surface area (Å²) in [5, 5.41) is 0. The summed E-state index contributed by atoms with van der Waals surface area (Å²) in [4.78, 5) is 0. The molecule has 0 aromatic carbocycles. The molecular weight excluding hydrogens is 142 g/mol. The molecule has 56 valence electrons. The summed E-state index contributed by atoms with van der Waals surface area (Å²) in [5.74, 6) is 3.18. The van der Waals surface area contributed by atoms with Crippen LogP contribution in [0.5, 0.6) is 0 Å². The van der Waals surface area contributed by atoms with Crippen LogP contribution in [0.1, 0.15) is 19.3 Å². The van der Waals surface area contributed by atoms with Gasteiger partial charge in [-0.1, -0.05) is 12.8 Å². The van der Waals surface area contributed by atoms with E-state index in [1.807, 2.05) is 0 Å². The Morgan fingerprint density at radius 3 is 2.60 bits per heavy atom. The molecule has 1 aliphatic heterocycles. The van der Waals surface area contributed by atoms with Crippen molar-refractivity contribution in [3.63, 3.8) is 0 Å². The molecule has 0 aromatic heterocycles. The van der Waals surface area contributed by atoms with Crippen LogP contribution < -0.4 is 0 Å². The van der Waals surface area contributed by atoms with E-state index in [4.69, 9.17) is 0 Å². The first kappa shape index (κ1) is 5.90. The first-order chi connectivity index (χ1) is 4.86. The molecule has 1 nitrogen and oxygen atoms in total. The van der Waals surface area contributed by atoms with Gasteiger partial charge in [0, 0.05) is 12.6 Å². The zero-order valence-corrected chi connectivity index (χ0v) is 6.93. The van der Waals surface area contributed by atoms with Gasteiger partial charge in [0.15, 0.2) is 0 Å². The van der Waals surface area contributed by atoms with E-state index >= 15 is 0 Å². The van der Waals surface area contributed by atoms with Crippen LogP contribution in [-0.4, -0.2) is 16.9 Å². The van der Waals surface area contributed by atoms with Gasteiger partial charge in [-0.25, -0.2) is 4.31 Å². The third-order valence-electron chi connectivity index (χ3n) is 3.78. The molecule has 0 spiro atoms. The average Bonchev–Trinajstić information content (AvgIpc) is 2.40. The quantitative estimate of drug-likeness (QED) is 0.520. The third-order valence-corrected chi connectivity index (χ3v) is 4.21. The Morgan fingerprint density at radius 2 is 2.00 bits per heavy atom. The predicted molar refractivity (Wildman–Crippen MR) is 43.8 cm³/mol. The monoisotopic (exact) mass is 155 g/mol. The maximum atomic E-state index is 4.43. The Bertz CT molecular complexity index is 169. The zero-order valence-electron chi connectivity index (χ0n) is 6.03. The molecule has 3 rings (SSSR count). The van der Waals surface area contributed by atoms with Crippen LogP contribution in [-0.2, 0) is 0 Å². The Morgan fingerprint density at radius 1 is 1.20 bits per heavy atom. The second-order valence-corrected chi connectivity index (χ2v) is 4.62. The van der Waals surface area contributed by atoms with Crippen molar-refractivity contribution >= 4 is 12.8 Å². The van der Waals surface area contributed by atoms with Gasteiger partial charge in [-0.2, -0.15) is 0 Å². The molecular formula is C8H13NS. The van der Waals surface area contributed by atoms with Crippen LogP contribution in [0.3, 0.4) is 0 Å². The van der Waals surface area contributed by atoms with Gasteiger partial charge in [0.05, 0.1) is 0 Å². The van der Waals surface area contributed by atoms with Gasteiger partial charge in [0.1, 0.15) is 0 Å². The van der Waals surface area contributed by atoms with Gasteiger partial charge in [-0.3, -0.25) is 0 Å². The highest BCUT2D eigenvalue weighted by atomic mass is 32.1. The SMILES string of the molecule is SN1CC2C3CCC(C3)C21. The summed E-state index contributed by atoms with van der Waals surface area (Å²) in [6.07, 6.45) is 4.53. The van der Waals surface area contributed by atoms with E-state index in [-0.39, 0.29) is 0 Å². The third kappa shape index (κ3) is 0.517. The van der Waals surface area contributed by atoms with Crippen LogP contribution in [0.25, 0.3) is 0 Å². The molecule has 2 bridgehead atoms. The lowest BCUT2D eigenvalue weighted by atomic mass is 9.79. The average molecular weight is 155 g/mol. The van der Waals surface area contributed by atoms with E-state index in [1.54, 1.807) is 0 Å². The number of nitrogens with zero attached hydrogens (tertiary/aromatic N) is 1. The van der Waals surface area contributed by atoms with Crippen molar-refractivity contribution in [3.8, 4) is 0 Å². The summed E-state index contributed by atoms with van der Waals surface area (Å²) in [6.45, 7) is 1.27. The smallest absolute Gasteiger partial charge is 0.0272 e. The topological polar surface area (TPSA) is 3.24 Å². The number of rotatable bonds is 0. The first-order valence-corrected chi connectivity index (χ1v) is 4.72. The number of fused-ring (bicyclic) bond motifs is 5. The van der Waals surface area contributed by atoms with Crippen LogP contribution in [0.2, 0.25) is 0 Å². The molecule has 0 amide bonds. The standard InChI is InChI=1S/C8H13NS/c10-9-4-7-5-1-2-6(3-5)8(7)9/h5-8,10H,1-4H2. The van der Waals surface area contributed by atoms with E-state index in [0.29, 0.717) is 0 Å². The summed E-state index contributed by atoms with van der Waals surface area (Å²) in [7, 11) is 0. The minimum atomic E-state index is 0.891. The second-order valence-electron chi connectivity index (χ2n) is 4.11. The van der Waals surface area contributed by atoms with Gasteiger partial charge < -0.3 is 0 Å². The largest absolute Gasteiger partial charge is 0.249 e. The van der Waals surface area contributed by atoms with E-state index in [1.165, 1.54) is 25.8 Å². The van der Waals surface area contributed by atoms with Crippen LogP contribution in [0.4, 0.5) is 0 Å². The predicted octanol–water partition coefficient (Wildman–Crippen LogP) is 1.56. The summed E-state index contributed by atoms with van der Waals surface area (Å²) < 4.78 is 2.26. The minimum Gasteiger partial charge on any atom is -0.249 e. The van der Waals surface area contributed by atoms with Crippen molar-refractivity contribution in [3.05, 3.63) is 0 Å². The van der Waals surface area contributed by atoms with Gasteiger partial charge >= 0.3 is 0 Å². The minimum absolute atomic E-state index is 0.891. The molecule has 10 heavy (non-hydrogen) atoms. The maximum absolute atomic E-state index is 4.43. The maximum Gasteiger partial charge on any atom is 0.0272 e. The number of hydrogen-bond acceptors (Lipinski definition) is 2. The molecule has 4 unspecified atom stereocenters. The second kappa shape index (κ2) is 1.72. The van der Waals surface area contributed by atoms with Crippen molar-refractivity contribution in [2.24, 2.45) is 17.8 Å². The lowest BCUT2D eigenvalue weighted by Gasteiger charge is -2.47. The highest BCUT2D eigenvalue weighted by Crippen LogP contribution is 2.55. The molecule has 3 fully saturated rings. The fourth-order valence-corrected chi connectivity index (χ4v) is 3.85. The molecule has 0 N–H and O–H groups in total. The summed E-state index contributed by atoms with van der Waals surface area (Å²) in [6, 6.07) is 0.891. The zero-order chi connectivity index (χ0) is 6.72. The normalized spacial score (nSPS) is 58.5. The molecule has 4 atom stereocenters. The van der Waals surface area contributed by atoms with Crippen molar-refractivity contribution in [2.45, 2.75) is 25.3 Å². The van der Waals surface area contributed by atoms with E-state index < -0.39 is 0 Å². The molecule has 1 heterocycles. The van der Waals surface area contributed by atoms with E-state index in [2.05, 4.69) is 17.1 Å². The lowest BCUT2D eigenvalue weighted by Crippen LogP contribution is -2.53. The summed E-state index contributed by atoms with van der Waals surface area (Å²) in [5.41, 5.74) is 0. The molecule has 0 radical (unpaired) electrons. The molecule has 1 saturated heterocycles. The van der Waals surface area contributed by atoms with Crippen LogP contribution >= 0.6 is 12.8 Å². The van der Waals surface area contributed by atoms with Crippen molar-refractivity contribution in [1.82, 2.24) is 4.31 Å². The molecule has 0 aromatic rings. The van der Waals surface area contributed by atoms with Crippen molar-refractivity contribution < 1.29 is 0 Å². The Kier molecular flexibility index (Phi) is 1.02. The fourth-order valence-electron chi connectivity index (χ4n) is 3.30.